The summed E-state index contributed by atoms with van der Waals surface area (Å²) in [7, 11) is 1.22. The molecule has 2 heterocycles. The van der Waals surface area contributed by atoms with E-state index in [1.165, 1.54) is 12.3 Å². The Hall–Kier alpha value is -5.52. The van der Waals surface area contributed by atoms with Crippen LogP contribution in [0.2, 0.25) is 0 Å². The molecule has 0 aliphatic carbocycles. The quantitative estimate of drug-likeness (QED) is 0.0485. The summed E-state index contributed by atoms with van der Waals surface area (Å²) in [5.41, 5.74) is 0.498. The van der Waals surface area contributed by atoms with Crippen molar-refractivity contribution in [3.63, 3.8) is 0 Å². The highest BCUT2D eigenvalue weighted by molar-refractivity contribution is 7.44. The molecule has 1 fully saturated rings. The van der Waals surface area contributed by atoms with Crippen LogP contribution in [0, 0.1) is 11.3 Å². The fourth-order valence-corrected chi connectivity index (χ4v) is 9.08. The van der Waals surface area contributed by atoms with Gasteiger partial charge in [-0.25, -0.2) is 13.9 Å². The third-order valence-electron chi connectivity index (χ3n) is 10.2. The van der Waals surface area contributed by atoms with E-state index in [0.717, 1.165) is 21.3 Å². The van der Waals surface area contributed by atoms with Crippen LogP contribution in [0.15, 0.2) is 126 Å². The highest BCUT2D eigenvalue weighted by Gasteiger charge is 2.51. The Morgan fingerprint density at radius 1 is 0.885 bits per heavy atom. The number of carbonyl (C=O) groups excluding carboxylic acids is 1. The molecule has 1 saturated heterocycles. The van der Waals surface area contributed by atoms with Crippen LogP contribution in [0.4, 0.5) is 10.2 Å². The van der Waals surface area contributed by atoms with Crippen molar-refractivity contribution in [1.82, 2.24) is 14.2 Å². The van der Waals surface area contributed by atoms with E-state index in [1.807, 2.05) is 111 Å². The van der Waals surface area contributed by atoms with Gasteiger partial charge in [-0.3, -0.25) is 9.36 Å². The fourth-order valence-electron chi connectivity index (χ4n) is 7.31. The maximum Gasteiger partial charge on any atom is 0.351 e. The minimum absolute atomic E-state index is 0.0123. The average molecular weight is 852 g/mol. The second-order valence-electron chi connectivity index (χ2n) is 14.8. The predicted molar refractivity (Wildman–Crippen MR) is 230 cm³/mol. The van der Waals surface area contributed by atoms with Crippen molar-refractivity contribution < 1.29 is 37.2 Å². The SMILES string of the molecule is COc1ccc(C(OC[C@H]2O[C@@H](n3ccc(NC(=O)c4ccccc4)nc3=O)C(F)[C@H]2OP(OCCC#N)N(C(C)C)C(C)C)(c2ccccc2)c2ccc(OC)cc2)cc1. The number of carbonyl (C=O) groups is 1. The van der Waals surface area contributed by atoms with E-state index in [-0.39, 0.29) is 37.5 Å². The second kappa shape index (κ2) is 20.8. The molecule has 0 radical (unpaired) electrons. The first-order chi connectivity index (χ1) is 29.5. The maximum atomic E-state index is 17.4. The number of nitrogens with zero attached hydrogens (tertiary/aromatic N) is 4. The number of ether oxygens (including phenoxy) is 4. The van der Waals surface area contributed by atoms with Crippen molar-refractivity contribution in [3.8, 4) is 17.6 Å². The number of benzene rings is 4. The summed E-state index contributed by atoms with van der Waals surface area (Å²) in [6.07, 6.45) is -4.46. The Labute approximate surface area is 356 Å². The third kappa shape index (κ3) is 10.3. The van der Waals surface area contributed by atoms with E-state index in [9.17, 15) is 14.9 Å². The van der Waals surface area contributed by atoms with Crippen molar-refractivity contribution in [2.75, 3.05) is 32.8 Å². The van der Waals surface area contributed by atoms with Crippen molar-refractivity contribution in [1.29, 1.82) is 5.26 Å². The third-order valence-corrected chi connectivity index (χ3v) is 12.3. The molecule has 1 aliphatic rings. The second-order valence-corrected chi connectivity index (χ2v) is 16.2. The molecule has 320 valence electrons. The molecule has 5 atom stereocenters. The van der Waals surface area contributed by atoms with Crippen molar-refractivity contribution in [2.45, 2.75) is 76.4 Å². The van der Waals surface area contributed by atoms with Gasteiger partial charge in [-0.15, -0.1) is 0 Å². The topological polar surface area (TPSA) is 146 Å². The van der Waals surface area contributed by atoms with Crippen molar-refractivity contribution >= 4 is 20.3 Å². The molecule has 5 aromatic rings. The van der Waals surface area contributed by atoms with E-state index < -0.39 is 50.3 Å². The van der Waals surface area contributed by atoms with Crippen molar-refractivity contribution in [2.24, 2.45) is 0 Å². The van der Waals surface area contributed by atoms with E-state index in [2.05, 4.69) is 16.4 Å². The number of aromatic nitrogens is 2. The Bertz CT molecular complexity index is 2220. The summed E-state index contributed by atoms with van der Waals surface area (Å²) < 4.78 is 58.0. The van der Waals surface area contributed by atoms with Crippen LogP contribution in [0.1, 0.15) is 67.4 Å². The number of nitrogens with one attached hydrogen (secondary N) is 1. The lowest BCUT2D eigenvalue weighted by atomic mass is 9.80. The van der Waals surface area contributed by atoms with Gasteiger partial charge in [0.2, 0.25) is 0 Å². The Kier molecular flexibility index (Phi) is 15.4. The number of hydrogen-bond donors (Lipinski definition) is 1. The van der Waals surface area contributed by atoms with Gasteiger partial charge >= 0.3 is 5.69 Å². The van der Waals surface area contributed by atoms with Crippen LogP contribution in [-0.2, 0) is 24.1 Å². The Balaban J connectivity index is 1.42. The molecule has 13 nitrogen and oxygen atoms in total. The van der Waals surface area contributed by atoms with Gasteiger partial charge < -0.3 is 33.3 Å². The Morgan fingerprint density at radius 2 is 1.44 bits per heavy atom. The number of rotatable bonds is 19. The summed E-state index contributed by atoms with van der Waals surface area (Å²) in [6, 6.07) is 36.5. The predicted octanol–water partition coefficient (Wildman–Crippen LogP) is 8.42. The summed E-state index contributed by atoms with van der Waals surface area (Å²) in [5, 5.41) is 12.0. The van der Waals surface area contributed by atoms with Gasteiger partial charge in [0.05, 0.1) is 39.9 Å². The summed E-state index contributed by atoms with van der Waals surface area (Å²) in [5.74, 6) is 0.814. The molecule has 0 spiro atoms. The largest absolute Gasteiger partial charge is 0.497 e. The average Bonchev–Trinajstić information content (AvgIpc) is 3.58. The number of hydrogen-bond acceptors (Lipinski definition) is 11. The van der Waals surface area contributed by atoms with E-state index in [1.54, 1.807) is 44.6 Å². The molecular weight excluding hydrogens is 801 g/mol. The molecule has 6 rings (SSSR count). The minimum Gasteiger partial charge on any atom is -0.497 e. The Morgan fingerprint density at radius 3 is 1.97 bits per heavy atom. The zero-order chi connectivity index (χ0) is 43.5. The van der Waals surface area contributed by atoms with Crippen LogP contribution in [0.25, 0.3) is 0 Å². The first kappa shape index (κ1) is 45.0. The smallest absolute Gasteiger partial charge is 0.351 e. The minimum atomic E-state index is -1.97. The maximum absolute atomic E-state index is 17.4. The zero-order valence-corrected chi connectivity index (χ0v) is 35.9. The highest BCUT2D eigenvalue weighted by atomic mass is 31.2. The van der Waals surface area contributed by atoms with Gasteiger partial charge in [0.15, 0.2) is 12.4 Å². The molecule has 15 heteroatoms. The number of amides is 1. The summed E-state index contributed by atoms with van der Waals surface area (Å²) in [6.45, 7) is 7.75. The monoisotopic (exact) mass is 851 g/mol. The van der Waals surface area contributed by atoms with Gasteiger partial charge in [0.25, 0.3) is 14.4 Å². The van der Waals surface area contributed by atoms with Crippen LogP contribution in [0.3, 0.4) is 0 Å². The molecule has 1 aromatic heterocycles. The lowest BCUT2D eigenvalue weighted by Crippen LogP contribution is -2.41. The van der Waals surface area contributed by atoms with Crippen LogP contribution in [0.5, 0.6) is 11.5 Å². The molecule has 61 heavy (non-hydrogen) atoms. The molecule has 2 unspecified atom stereocenters. The highest BCUT2D eigenvalue weighted by Crippen LogP contribution is 2.51. The van der Waals surface area contributed by atoms with Gasteiger partial charge in [0, 0.05) is 23.8 Å². The normalized spacial score (nSPS) is 18.2. The van der Waals surface area contributed by atoms with Gasteiger partial charge in [-0.2, -0.15) is 10.2 Å². The van der Waals surface area contributed by atoms with Crippen LogP contribution in [-0.4, -0.2) is 78.0 Å². The molecular formula is C46H51FN5O8P. The standard InChI is InChI=1S/C46H51FN5O8P/c1-31(2)52(32(3)4)61(58-29-13-27-48)60-42-39(59-44(41(42)47)51-28-26-40(50-45(51)54)49-43(53)33-14-9-7-10-15-33)30-57-46(34-16-11-8-12-17-34,35-18-22-37(55-5)23-19-35)36-20-24-38(56-6)25-21-36/h7-12,14-26,28,31-32,39,41-42,44H,13,29-30H2,1-6H3,(H,49,50,53,54)/t39-,41?,42+,44-,61?/m1/s1. The fraction of sp³-hybridized carbons (Fsp3) is 0.348. The van der Waals surface area contributed by atoms with Crippen LogP contribution < -0.4 is 20.5 Å². The molecule has 1 amide bonds. The van der Waals surface area contributed by atoms with Crippen molar-refractivity contribution in [3.05, 3.63) is 154 Å². The number of anilines is 1. The molecule has 1 N–H and O–H groups in total. The van der Waals surface area contributed by atoms with Gasteiger partial charge in [-0.05, 0) is 86.8 Å². The number of halogens is 1. The summed E-state index contributed by atoms with van der Waals surface area (Å²) in [4.78, 5) is 30.6. The van der Waals surface area contributed by atoms with E-state index in [4.69, 9.17) is 28.0 Å². The molecule has 4 aromatic carbocycles. The number of methoxy groups -OCH3 is 2. The molecule has 1 aliphatic heterocycles. The van der Waals surface area contributed by atoms with E-state index in [0.29, 0.717) is 17.1 Å². The lowest BCUT2D eigenvalue weighted by molar-refractivity contribution is -0.0934. The summed E-state index contributed by atoms with van der Waals surface area (Å²) >= 11 is 0. The van der Waals surface area contributed by atoms with Gasteiger partial charge in [0.1, 0.15) is 35.1 Å². The van der Waals surface area contributed by atoms with Crippen LogP contribution >= 0.6 is 8.53 Å². The first-order valence-electron chi connectivity index (χ1n) is 20.0. The zero-order valence-electron chi connectivity index (χ0n) is 35.0. The molecule has 0 bridgehead atoms. The van der Waals surface area contributed by atoms with Gasteiger partial charge in [-0.1, -0.05) is 72.8 Å². The number of alkyl halides is 1. The van der Waals surface area contributed by atoms with E-state index >= 15 is 4.39 Å². The lowest BCUT2D eigenvalue weighted by Gasteiger charge is -2.39. The molecule has 0 saturated carbocycles. The number of nitriles is 1. The first-order valence-corrected chi connectivity index (χ1v) is 21.1.